The minimum Gasteiger partial charge on any atom is -0.382 e. The van der Waals surface area contributed by atoms with Crippen LogP contribution < -0.4 is 5.32 Å². The van der Waals surface area contributed by atoms with E-state index in [-0.39, 0.29) is 23.9 Å². The molecule has 2 atom stereocenters. The molecule has 1 aliphatic heterocycles. The monoisotopic (exact) mass is 284 g/mol. The van der Waals surface area contributed by atoms with E-state index < -0.39 is 0 Å². The van der Waals surface area contributed by atoms with Gasteiger partial charge in [-0.05, 0) is 32.1 Å². The first-order valence-corrected chi connectivity index (χ1v) is 7.32. The van der Waals surface area contributed by atoms with E-state index >= 15 is 0 Å². The van der Waals surface area contributed by atoms with E-state index in [2.05, 4.69) is 5.32 Å². The van der Waals surface area contributed by atoms with Gasteiger partial charge in [-0.3, -0.25) is 9.59 Å². The van der Waals surface area contributed by atoms with Crippen LogP contribution in [0.5, 0.6) is 0 Å². The summed E-state index contributed by atoms with van der Waals surface area (Å²) < 4.78 is 10.3. The normalized spacial score (nSPS) is 26.8. The van der Waals surface area contributed by atoms with Crippen molar-refractivity contribution >= 4 is 11.8 Å². The lowest BCUT2D eigenvalue weighted by Crippen LogP contribution is -2.63. The molecule has 1 heterocycles. The molecular formula is C14H24N2O4. The molecule has 2 aliphatic rings. The minimum absolute atomic E-state index is 0.0400. The predicted octanol–water partition coefficient (Wildman–Crippen LogP) is 0.165. The number of hydrogen-bond acceptors (Lipinski definition) is 4. The van der Waals surface area contributed by atoms with Gasteiger partial charge in [-0.15, -0.1) is 0 Å². The number of amides is 2. The summed E-state index contributed by atoms with van der Waals surface area (Å²) in [4.78, 5) is 26.0. The Balaban J connectivity index is 1.78. The van der Waals surface area contributed by atoms with E-state index in [9.17, 15) is 9.59 Å². The van der Waals surface area contributed by atoms with Crippen molar-refractivity contribution in [3.8, 4) is 0 Å². The summed E-state index contributed by atoms with van der Waals surface area (Å²) in [5, 5.41) is 2.85. The molecule has 6 heteroatoms. The molecule has 1 saturated heterocycles. The standard InChI is InChI=1S/C14H24N2O4/c1-10-13(17)15-12(11-4-5-11)14(18)16(10)6-3-7-20-9-8-19-2/h10-12H,3-9H2,1-2H3,(H,15,17). The van der Waals surface area contributed by atoms with Crippen LogP contribution in [0.25, 0.3) is 0 Å². The SMILES string of the molecule is COCCOCCCN1C(=O)C(C2CC2)NC(=O)C1C. The van der Waals surface area contributed by atoms with Crippen LogP contribution in [0.1, 0.15) is 26.2 Å². The zero-order valence-electron chi connectivity index (χ0n) is 12.3. The number of piperazine rings is 1. The molecule has 1 aliphatic carbocycles. The maximum atomic E-state index is 12.4. The molecular weight excluding hydrogens is 260 g/mol. The molecule has 20 heavy (non-hydrogen) atoms. The molecule has 0 radical (unpaired) electrons. The average molecular weight is 284 g/mol. The molecule has 0 aromatic carbocycles. The lowest BCUT2D eigenvalue weighted by Gasteiger charge is -2.37. The predicted molar refractivity (Wildman–Crippen MR) is 73.1 cm³/mol. The van der Waals surface area contributed by atoms with Crippen molar-refractivity contribution in [3.63, 3.8) is 0 Å². The van der Waals surface area contributed by atoms with Crippen LogP contribution in [0.4, 0.5) is 0 Å². The average Bonchev–Trinajstić information content (AvgIpc) is 3.25. The highest BCUT2D eigenvalue weighted by atomic mass is 16.5. The van der Waals surface area contributed by atoms with Gasteiger partial charge in [-0.1, -0.05) is 0 Å². The van der Waals surface area contributed by atoms with E-state index in [1.807, 2.05) is 0 Å². The van der Waals surface area contributed by atoms with Crippen molar-refractivity contribution in [1.82, 2.24) is 10.2 Å². The fourth-order valence-electron chi connectivity index (χ4n) is 2.48. The zero-order chi connectivity index (χ0) is 14.5. The van der Waals surface area contributed by atoms with Crippen LogP contribution in [0.2, 0.25) is 0 Å². The number of methoxy groups -OCH3 is 1. The van der Waals surface area contributed by atoms with Gasteiger partial charge in [-0.2, -0.15) is 0 Å². The summed E-state index contributed by atoms with van der Waals surface area (Å²) in [6.45, 7) is 4.07. The Labute approximate surface area is 119 Å². The second kappa shape index (κ2) is 7.04. The minimum atomic E-state index is -0.378. The Hall–Kier alpha value is -1.14. The van der Waals surface area contributed by atoms with Crippen molar-refractivity contribution in [1.29, 1.82) is 0 Å². The quantitative estimate of drug-likeness (QED) is 0.645. The van der Waals surface area contributed by atoms with Crippen molar-refractivity contribution in [2.45, 2.75) is 38.3 Å². The van der Waals surface area contributed by atoms with Crippen LogP contribution in [0, 0.1) is 5.92 Å². The van der Waals surface area contributed by atoms with Crippen molar-refractivity contribution in [2.24, 2.45) is 5.92 Å². The molecule has 1 saturated carbocycles. The summed E-state index contributed by atoms with van der Waals surface area (Å²) in [7, 11) is 1.63. The Morgan fingerprint density at radius 2 is 2.00 bits per heavy atom. The molecule has 6 nitrogen and oxygen atoms in total. The number of rotatable bonds is 8. The molecule has 2 unspecified atom stereocenters. The summed E-state index contributed by atoms with van der Waals surface area (Å²) in [5.74, 6) is 0.373. The number of ether oxygens (including phenoxy) is 2. The highest BCUT2D eigenvalue weighted by molar-refractivity contribution is 5.97. The number of hydrogen-bond donors (Lipinski definition) is 1. The smallest absolute Gasteiger partial charge is 0.246 e. The Kier molecular flexibility index (Phi) is 5.37. The van der Waals surface area contributed by atoms with Gasteiger partial charge in [0.05, 0.1) is 13.2 Å². The molecule has 2 rings (SSSR count). The Bertz CT molecular complexity index is 357. The first-order chi connectivity index (χ1) is 9.65. The number of nitrogens with one attached hydrogen (secondary N) is 1. The molecule has 2 amide bonds. The number of carbonyl (C=O) groups is 2. The molecule has 2 fully saturated rings. The van der Waals surface area contributed by atoms with E-state index in [0.717, 1.165) is 19.3 Å². The lowest BCUT2D eigenvalue weighted by atomic mass is 10.0. The summed E-state index contributed by atoms with van der Waals surface area (Å²) in [5.41, 5.74) is 0. The molecule has 0 bridgehead atoms. The first-order valence-electron chi connectivity index (χ1n) is 7.32. The van der Waals surface area contributed by atoms with Gasteiger partial charge in [-0.25, -0.2) is 0 Å². The third kappa shape index (κ3) is 3.70. The maximum absolute atomic E-state index is 12.4. The highest BCUT2D eigenvalue weighted by Gasteiger charge is 2.45. The van der Waals surface area contributed by atoms with Crippen LogP contribution >= 0.6 is 0 Å². The van der Waals surface area contributed by atoms with E-state index in [1.165, 1.54) is 0 Å². The summed E-state index contributed by atoms with van der Waals surface area (Å²) >= 11 is 0. The molecule has 0 spiro atoms. The highest BCUT2D eigenvalue weighted by Crippen LogP contribution is 2.35. The fraction of sp³-hybridized carbons (Fsp3) is 0.857. The van der Waals surface area contributed by atoms with Gasteiger partial charge in [0, 0.05) is 20.3 Å². The topological polar surface area (TPSA) is 67.9 Å². The molecule has 1 N–H and O–H groups in total. The van der Waals surface area contributed by atoms with Gasteiger partial charge in [0.15, 0.2) is 0 Å². The largest absolute Gasteiger partial charge is 0.382 e. The van der Waals surface area contributed by atoms with Crippen molar-refractivity contribution in [3.05, 3.63) is 0 Å². The third-order valence-electron chi connectivity index (χ3n) is 3.91. The van der Waals surface area contributed by atoms with E-state index in [0.29, 0.717) is 32.3 Å². The number of nitrogens with zero attached hydrogens (tertiary/aromatic N) is 1. The van der Waals surface area contributed by atoms with Crippen molar-refractivity contribution < 1.29 is 19.1 Å². The fourth-order valence-corrected chi connectivity index (χ4v) is 2.48. The van der Waals surface area contributed by atoms with Crippen molar-refractivity contribution in [2.75, 3.05) is 33.5 Å². The van der Waals surface area contributed by atoms with Crippen LogP contribution in [0.15, 0.2) is 0 Å². The number of carbonyl (C=O) groups excluding carboxylic acids is 2. The third-order valence-corrected chi connectivity index (χ3v) is 3.91. The second-order valence-corrected chi connectivity index (χ2v) is 5.49. The Morgan fingerprint density at radius 1 is 1.25 bits per heavy atom. The van der Waals surface area contributed by atoms with Gasteiger partial charge in [0.1, 0.15) is 12.1 Å². The van der Waals surface area contributed by atoms with E-state index in [1.54, 1.807) is 18.9 Å². The van der Waals surface area contributed by atoms with Gasteiger partial charge in [0.25, 0.3) is 0 Å². The maximum Gasteiger partial charge on any atom is 0.246 e. The van der Waals surface area contributed by atoms with Gasteiger partial charge < -0.3 is 19.7 Å². The lowest BCUT2D eigenvalue weighted by molar-refractivity contribution is -0.149. The van der Waals surface area contributed by atoms with Gasteiger partial charge in [0.2, 0.25) is 11.8 Å². The summed E-state index contributed by atoms with van der Waals surface area (Å²) in [6.07, 6.45) is 2.82. The Morgan fingerprint density at radius 3 is 2.65 bits per heavy atom. The van der Waals surface area contributed by atoms with Gasteiger partial charge >= 0.3 is 0 Å². The molecule has 0 aromatic rings. The molecule has 114 valence electrons. The van der Waals surface area contributed by atoms with Crippen LogP contribution in [-0.4, -0.2) is 62.3 Å². The van der Waals surface area contributed by atoms with Crippen LogP contribution in [-0.2, 0) is 19.1 Å². The molecule has 0 aromatic heterocycles. The van der Waals surface area contributed by atoms with Crippen LogP contribution in [0.3, 0.4) is 0 Å². The van der Waals surface area contributed by atoms with E-state index in [4.69, 9.17) is 9.47 Å². The summed E-state index contributed by atoms with van der Waals surface area (Å²) in [6, 6.07) is -0.676. The second-order valence-electron chi connectivity index (χ2n) is 5.49. The zero-order valence-corrected chi connectivity index (χ0v) is 12.3. The first kappa shape index (κ1) is 15.3.